The second-order valence-corrected chi connectivity index (χ2v) is 8.87. The van der Waals surface area contributed by atoms with E-state index in [1.165, 1.54) is 38.5 Å². The molecular formula is C21H29N3O2. The lowest BCUT2D eigenvalue weighted by atomic mass is 9.49. The van der Waals surface area contributed by atoms with Crippen LogP contribution in [0.5, 0.6) is 0 Å². The van der Waals surface area contributed by atoms with Crippen LogP contribution in [-0.2, 0) is 4.79 Å². The van der Waals surface area contributed by atoms with Gasteiger partial charge in [-0.05, 0) is 67.3 Å². The van der Waals surface area contributed by atoms with E-state index in [0.29, 0.717) is 5.41 Å². The van der Waals surface area contributed by atoms with E-state index in [0.717, 1.165) is 29.9 Å². The van der Waals surface area contributed by atoms with Crippen LogP contribution >= 0.6 is 0 Å². The van der Waals surface area contributed by atoms with Crippen molar-refractivity contribution in [3.05, 3.63) is 35.9 Å². The molecule has 0 unspecified atom stereocenters. The van der Waals surface area contributed by atoms with Crippen LogP contribution in [0.1, 0.15) is 56.6 Å². The predicted octanol–water partition coefficient (Wildman–Crippen LogP) is 3.12. The first-order chi connectivity index (χ1) is 12.5. The van der Waals surface area contributed by atoms with E-state index in [1.807, 2.05) is 30.3 Å². The zero-order chi connectivity index (χ0) is 18.1. The summed E-state index contributed by atoms with van der Waals surface area (Å²) in [4.78, 5) is 23.9. The van der Waals surface area contributed by atoms with Gasteiger partial charge in [0.05, 0.1) is 12.5 Å². The minimum atomic E-state index is -0.604. The minimum Gasteiger partial charge on any atom is -0.355 e. The number of benzene rings is 1. The van der Waals surface area contributed by atoms with Crippen LogP contribution in [0.2, 0.25) is 0 Å². The first-order valence-corrected chi connectivity index (χ1v) is 9.89. The first-order valence-electron chi connectivity index (χ1n) is 9.89. The molecule has 4 aliphatic rings. The quantitative estimate of drug-likeness (QED) is 0.732. The maximum absolute atomic E-state index is 12.6. The Morgan fingerprint density at radius 3 is 2.15 bits per heavy atom. The highest BCUT2D eigenvalue weighted by molar-refractivity contribution is 5.78. The smallest absolute Gasteiger partial charge is 0.312 e. The lowest BCUT2D eigenvalue weighted by Gasteiger charge is -2.56. The second-order valence-electron chi connectivity index (χ2n) is 8.87. The molecule has 4 aliphatic carbocycles. The fraction of sp³-hybridized carbons (Fsp3) is 0.619. The van der Waals surface area contributed by atoms with E-state index >= 15 is 0 Å². The van der Waals surface area contributed by atoms with E-state index in [9.17, 15) is 9.59 Å². The van der Waals surface area contributed by atoms with Crippen molar-refractivity contribution in [3.8, 4) is 0 Å². The third-order valence-electron chi connectivity index (χ3n) is 6.73. The summed E-state index contributed by atoms with van der Waals surface area (Å²) in [6.07, 6.45) is 8.28. The Kier molecular flexibility index (Phi) is 4.63. The number of rotatable bonds is 6. The molecule has 5 heteroatoms. The summed E-state index contributed by atoms with van der Waals surface area (Å²) in [5, 5.41) is 5.88. The van der Waals surface area contributed by atoms with Gasteiger partial charge in [-0.2, -0.15) is 0 Å². The number of carbonyl (C=O) groups is 2. The molecule has 0 heterocycles. The highest BCUT2D eigenvalue weighted by atomic mass is 16.2. The lowest BCUT2D eigenvalue weighted by Crippen LogP contribution is -2.51. The second kappa shape index (κ2) is 6.93. The van der Waals surface area contributed by atoms with Gasteiger partial charge in [-0.3, -0.25) is 4.79 Å². The molecule has 4 bridgehead atoms. The molecule has 4 saturated carbocycles. The summed E-state index contributed by atoms with van der Waals surface area (Å²) < 4.78 is 0. The van der Waals surface area contributed by atoms with Gasteiger partial charge >= 0.3 is 6.03 Å². The largest absolute Gasteiger partial charge is 0.355 e. The van der Waals surface area contributed by atoms with Crippen molar-refractivity contribution in [1.29, 1.82) is 0 Å². The van der Waals surface area contributed by atoms with Gasteiger partial charge in [0.15, 0.2) is 0 Å². The summed E-state index contributed by atoms with van der Waals surface area (Å²) in [5.74, 6) is 2.63. The van der Waals surface area contributed by atoms with Gasteiger partial charge in [-0.1, -0.05) is 30.3 Å². The summed E-state index contributed by atoms with van der Waals surface area (Å²) >= 11 is 0. The fourth-order valence-corrected chi connectivity index (χ4v) is 6.16. The van der Waals surface area contributed by atoms with Gasteiger partial charge in [0.2, 0.25) is 5.91 Å². The standard InChI is InChI=1S/C21H29N3O2/c22-20(26)24-18(17-4-2-1-3-5-17)9-19(25)23-13-21-10-14-6-15(11-21)8-16(7-14)12-21/h1-5,14-16,18H,6-13H2,(H,23,25)(H3,22,24,26)/t14?,15?,16?,18-,21?/m1/s1. The zero-order valence-corrected chi connectivity index (χ0v) is 15.2. The van der Waals surface area contributed by atoms with Crippen LogP contribution in [0.4, 0.5) is 4.79 Å². The normalized spacial score (nSPS) is 32.8. The highest BCUT2D eigenvalue weighted by Gasteiger charge is 2.50. The number of carbonyl (C=O) groups excluding carboxylic acids is 2. The molecule has 4 N–H and O–H groups in total. The lowest BCUT2D eigenvalue weighted by molar-refractivity contribution is -0.123. The highest BCUT2D eigenvalue weighted by Crippen LogP contribution is 2.59. The van der Waals surface area contributed by atoms with Crippen molar-refractivity contribution in [2.24, 2.45) is 28.9 Å². The Morgan fingerprint density at radius 2 is 1.62 bits per heavy atom. The van der Waals surface area contributed by atoms with Crippen molar-refractivity contribution in [1.82, 2.24) is 10.6 Å². The fourth-order valence-electron chi connectivity index (χ4n) is 6.16. The van der Waals surface area contributed by atoms with E-state index in [1.54, 1.807) is 0 Å². The monoisotopic (exact) mass is 355 g/mol. The number of hydrogen-bond acceptors (Lipinski definition) is 2. The molecule has 0 saturated heterocycles. The Balaban J connectivity index is 1.36. The molecule has 5 nitrogen and oxygen atoms in total. The minimum absolute atomic E-state index is 0.0108. The van der Waals surface area contributed by atoms with E-state index < -0.39 is 6.03 Å². The van der Waals surface area contributed by atoms with E-state index in [-0.39, 0.29) is 18.4 Å². The third kappa shape index (κ3) is 3.71. The third-order valence-corrected chi connectivity index (χ3v) is 6.73. The summed E-state index contributed by atoms with van der Waals surface area (Å²) in [7, 11) is 0. The number of nitrogens with one attached hydrogen (secondary N) is 2. The van der Waals surface area contributed by atoms with Gasteiger partial charge in [0.25, 0.3) is 0 Å². The van der Waals surface area contributed by atoms with E-state index in [4.69, 9.17) is 5.73 Å². The Morgan fingerprint density at radius 1 is 1.04 bits per heavy atom. The van der Waals surface area contributed by atoms with Crippen LogP contribution in [0, 0.1) is 23.2 Å². The first kappa shape index (κ1) is 17.4. The summed E-state index contributed by atoms with van der Waals surface area (Å²) in [6, 6.07) is 8.55. The van der Waals surface area contributed by atoms with Gasteiger partial charge in [0, 0.05) is 6.54 Å². The Labute approximate surface area is 155 Å². The maximum atomic E-state index is 12.6. The van der Waals surface area contributed by atoms with Gasteiger partial charge in [-0.25, -0.2) is 4.79 Å². The molecule has 0 aromatic heterocycles. The molecule has 140 valence electrons. The topological polar surface area (TPSA) is 84.2 Å². The van der Waals surface area contributed by atoms with Crippen LogP contribution in [0.3, 0.4) is 0 Å². The molecule has 0 aliphatic heterocycles. The van der Waals surface area contributed by atoms with Crippen LogP contribution in [0.25, 0.3) is 0 Å². The average Bonchev–Trinajstić information content (AvgIpc) is 2.59. The van der Waals surface area contributed by atoms with Crippen molar-refractivity contribution >= 4 is 11.9 Å². The number of hydrogen-bond donors (Lipinski definition) is 3. The van der Waals surface area contributed by atoms with Gasteiger partial charge in [0.1, 0.15) is 0 Å². The van der Waals surface area contributed by atoms with Crippen LogP contribution in [0.15, 0.2) is 30.3 Å². The Hall–Kier alpha value is -2.04. The summed E-state index contributed by atoms with van der Waals surface area (Å²) in [5.41, 5.74) is 6.52. The van der Waals surface area contributed by atoms with Crippen molar-refractivity contribution in [3.63, 3.8) is 0 Å². The van der Waals surface area contributed by atoms with E-state index in [2.05, 4.69) is 10.6 Å². The predicted molar refractivity (Wildman–Crippen MR) is 100 cm³/mol. The molecule has 1 aromatic rings. The van der Waals surface area contributed by atoms with Crippen LogP contribution in [-0.4, -0.2) is 18.5 Å². The molecule has 5 rings (SSSR count). The molecule has 0 spiro atoms. The van der Waals surface area contributed by atoms with Crippen molar-refractivity contribution < 1.29 is 9.59 Å². The molecule has 4 fully saturated rings. The summed E-state index contributed by atoms with van der Waals surface area (Å²) in [6.45, 7) is 0.785. The molecule has 1 atom stereocenters. The number of amides is 3. The zero-order valence-electron chi connectivity index (χ0n) is 15.2. The molecule has 1 aromatic carbocycles. The SMILES string of the molecule is NC(=O)N[C@H](CC(=O)NCC12CC3CC(CC(C3)C1)C2)c1ccccc1. The number of nitrogens with two attached hydrogens (primary N) is 1. The maximum Gasteiger partial charge on any atom is 0.312 e. The molecular weight excluding hydrogens is 326 g/mol. The Bertz CT molecular complexity index is 638. The number of primary amides is 1. The molecule has 3 amide bonds. The average molecular weight is 355 g/mol. The van der Waals surface area contributed by atoms with Crippen molar-refractivity contribution in [2.45, 2.75) is 51.0 Å². The van der Waals surface area contributed by atoms with Crippen LogP contribution < -0.4 is 16.4 Å². The molecule has 26 heavy (non-hydrogen) atoms. The molecule has 0 radical (unpaired) electrons. The van der Waals surface area contributed by atoms with Gasteiger partial charge < -0.3 is 16.4 Å². The number of urea groups is 1. The van der Waals surface area contributed by atoms with Gasteiger partial charge in [-0.15, -0.1) is 0 Å². The van der Waals surface area contributed by atoms with Crippen molar-refractivity contribution in [2.75, 3.05) is 6.54 Å².